The Morgan fingerprint density at radius 3 is 1.77 bits per heavy atom. The van der Waals surface area contributed by atoms with Crippen LogP contribution >= 0.6 is 11.3 Å². The number of hydrogen-bond acceptors (Lipinski definition) is 3. The van der Waals surface area contributed by atoms with Gasteiger partial charge in [-0.15, -0.1) is 11.3 Å². The molecule has 0 fully saturated rings. The maximum absolute atomic E-state index is 5.69. The second-order valence-corrected chi connectivity index (χ2v) is 17.1. The predicted molar refractivity (Wildman–Crippen MR) is 259 cm³/mol. The van der Waals surface area contributed by atoms with Crippen LogP contribution < -0.4 is 0 Å². The van der Waals surface area contributed by atoms with Crippen LogP contribution in [0.4, 0.5) is 0 Å². The fraction of sp³-hybridized carbons (Fsp3) is 0. The van der Waals surface area contributed by atoms with Crippen molar-refractivity contribution in [3.8, 4) is 22.9 Å². The fourth-order valence-electron chi connectivity index (χ4n) is 10.3. The summed E-state index contributed by atoms with van der Waals surface area (Å²) in [7, 11) is 0. The number of fused-ring (bicyclic) bond motifs is 18. The number of para-hydroxylation sites is 2. The largest absolute Gasteiger partial charge is 0.309 e. The van der Waals surface area contributed by atoms with Crippen LogP contribution in [0.2, 0.25) is 0 Å². The third-order valence-electron chi connectivity index (χ3n) is 12.9. The van der Waals surface area contributed by atoms with E-state index in [-0.39, 0.29) is 0 Å². The van der Waals surface area contributed by atoms with Crippen LogP contribution in [-0.4, -0.2) is 19.1 Å². The molecule has 5 heteroatoms. The molecule has 0 bridgehead atoms. The summed E-state index contributed by atoms with van der Waals surface area (Å²) in [5.41, 5.74) is 8.64. The summed E-state index contributed by atoms with van der Waals surface area (Å²) in [6.45, 7) is 0. The molecular formula is C56H32N4S. The summed E-state index contributed by atoms with van der Waals surface area (Å²) in [4.78, 5) is 11.3. The molecule has 0 unspecified atom stereocenters. The smallest absolute Gasteiger partial charge is 0.235 e. The van der Waals surface area contributed by atoms with Gasteiger partial charge in [0, 0.05) is 48.3 Å². The van der Waals surface area contributed by atoms with Gasteiger partial charge in [-0.25, -0.2) is 9.97 Å². The molecule has 4 aromatic heterocycles. The van der Waals surface area contributed by atoms with Crippen LogP contribution in [0.3, 0.4) is 0 Å². The molecule has 0 saturated carbocycles. The highest BCUT2D eigenvalue weighted by Crippen LogP contribution is 2.46. The molecule has 0 spiro atoms. The van der Waals surface area contributed by atoms with Crippen LogP contribution in [-0.2, 0) is 0 Å². The van der Waals surface area contributed by atoms with Crippen LogP contribution in [0, 0.1) is 0 Å². The van der Waals surface area contributed by atoms with Gasteiger partial charge in [-0.05, 0) is 86.2 Å². The van der Waals surface area contributed by atoms with Crippen LogP contribution in [0.25, 0.3) is 130 Å². The van der Waals surface area contributed by atoms with Crippen molar-refractivity contribution in [2.45, 2.75) is 0 Å². The van der Waals surface area contributed by atoms with Gasteiger partial charge in [0.2, 0.25) is 5.95 Å². The summed E-state index contributed by atoms with van der Waals surface area (Å²) in [6, 6.07) is 70.5. The topological polar surface area (TPSA) is 35.6 Å². The van der Waals surface area contributed by atoms with Gasteiger partial charge in [0.1, 0.15) is 0 Å². The standard InChI is InChI=1S/C56H32N4S/c1-2-15-35(16-3-1)59-45-24-12-10-21-40(45)44-32-34(27-29-46(44)59)53-55-54(43-23-11-13-25-49(43)61-55)58-56(57-53)60-47-30-26-33-14-4-5-17-36(33)51(47)52-48(60)31-28-42-39-20-7-6-18-37(39)38-19-8-9-22-41(38)50(42)52/h1-32H. The summed E-state index contributed by atoms with van der Waals surface area (Å²) < 4.78 is 6.99. The third kappa shape index (κ3) is 4.53. The Balaban J connectivity index is 1.13. The highest BCUT2D eigenvalue weighted by molar-refractivity contribution is 7.26. The molecule has 4 heterocycles. The first-order valence-electron chi connectivity index (χ1n) is 20.8. The lowest BCUT2D eigenvalue weighted by atomic mass is 9.91. The van der Waals surface area contributed by atoms with Crippen molar-refractivity contribution < 1.29 is 0 Å². The number of nitrogens with zero attached hydrogens (tertiary/aromatic N) is 4. The maximum atomic E-state index is 5.69. The van der Waals surface area contributed by atoms with Gasteiger partial charge >= 0.3 is 0 Å². The lowest BCUT2D eigenvalue weighted by Crippen LogP contribution is -2.03. The van der Waals surface area contributed by atoms with Gasteiger partial charge in [-0.2, -0.15) is 0 Å². The summed E-state index contributed by atoms with van der Waals surface area (Å²) in [6.07, 6.45) is 0. The van der Waals surface area contributed by atoms with E-state index in [0.29, 0.717) is 5.95 Å². The van der Waals surface area contributed by atoms with E-state index in [0.717, 1.165) is 43.6 Å². The Morgan fingerprint density at radius 1 is 0.361 bits per heavy atom. The molecule has 0 aliphatic heterocycles. The van der Waals surface area contributed by atoms with Crippen LogP contribution in [0.15, 0.2) is 194 Å². The zero-order valence-electron chi connectivity index (χ0n) is 32.7. The van der Waals surface area contributed by atoms with E-state index in [1.807, 2.05) is 0 Å². The summed E-state index contributed by atoms with van der Waals surface area (Å²) in [5.74, 6) is 0.664. The van der Waals surface area contributed by atoms with E-state index in [4.69, 9.17) is 9.97 Å². The van der Waals surface area contributed by atoms with Gasteiger partial charge in [0.15, 0.2) is 0 Å². The van der Waals surface area contributed by atoms with Crippen molar-refractivity contribution in [1.29, 1.82) is 0 Å². The highest BCUT2D eigenvalue weighted by Gasteiger charge is 2.24. The van der Waals surface area contributed by atoms with E-state index in [9.17, 15) is 0 Å². The zero-order valence-corrected chi connectivity index (χ0v) is 33.5. The Bertz CT molecular complexity index is 4140. The molecule has 0 atom stereocenters. The van der Waals surface area contributed by atoms with Gasteiger partial charge in [-0.1, -0.05) is 146 Å². The normalized spacial score (nSPS) is 12.3. The molecule has 0 saturated heterocycles. The minimum Gasteiger partial charge on any atom is -0.309 e. The highest BCUT2D eigenvalue weighted by atomic mass is 32.1. The number of thiophene rings is 1. The van der Waals surface area contributed by atoms with E-state index in [1.165, 1.54) is 80.4 Å². The average Bonchev–Trinajstić information content (AvgIpc) is 3.99. The Kier molecular flexibility index (Phi) is 6.68. The molecule has 14 aromatic rings. The first-order valence-corrected chi connectivity index (χ1v) is 21.6. The average molecular weight is 793 g/mol. The van der Waals surface area contributed by atoms with E-state index in [2.05, 4.69) is 203 Å². The lowest BCUT2D eigenvalue weighted by Gasteiger charge is -2.13. The number of rotatable bonds is 3. The van der Waals surface area contributed by atoms with Gasteiger partial charge in [0.05, 0.1) is 38.0 Å². The molecule has 4 nitrogen and oxygen atoms in total. The number of benzene rings is 10. The predicted octanol–water partition coefficient (Wildman–Crippen LogP) is 15.3. The molecular weight excluding hydrogens is 761 g/mol. The van der Waals surface area contributed by atoms with E-state index < -0.39 is 0 Å². The van der Waals surface area contributed by atoms with Crippen LogP contribution in [0.5, 0.6) is 0 Å². The first-order chi connectivity index (χ1) is 30.3. The molecule has 0 radical (unpaired) electrons. The molecule has 282 valence electrons. The number of aromatic nitrogens is 4. The Labute approximate surface area is 352 Å². The quantitative estimate of drug-likeness (QED) is 0.167. The molecule has 10 aromatic carbocycles. The zero-order chi connectivity index (χ0) is 39.8. The summed E-state index contributed by atoms with van der Waals surface area (Å²) in [5, 5.41) is 16.0. The Morgan fingerprint density at radius 2 is 0.951 bits per heavy atom. The van der Waals surface area contributed by atoms with Crippen LogP contribution in [0.1, 0.15) is 0 Å². The van der Waals surface area contributed by atoms with Gasteiger partial charge < -0.3 is 4.57 Å². The van der Waals surface area contributed by atoms with Crippen molar-refractivity contribution in [1.82, 2.24) is 19.1 Å². The van der Waals surface area contributed by atoms with Gasteiger partial charge in [0.25, 0.3) is 0 Å². The van der Waals surface area contributed by atoms with E-state index >= 15 is 0 Å². The number of hydrogen-bond donors (Lipinski definition) is 0. The third-order valence-corrected chi connectivity index (χ3v) is 14.1. The molecule has 0 N–H and O–H groups in total. The minimum absolute atomic E-state index is 0.664. The molecule has 14 rings (SSSR count). The fourth-order valence-corrected chi connectivity index (χ4v) is 11.5. The monoisotopic (exact) mass is 792 g/mol. The molecule has 61 heavy (non-hydrogen) atoms. The summed E-state index contributed by atoms with van der Waals surface area (Å²) >= 11 is 1.77. The minimum atomic E-state index is 0.664. The van der Waals surface area contributed by atoms with Gasteiger partial charge in [-0.3, -0.25) is 4.57 Å². The van der Waals surface area contributed by atoms with E-state index in [1.54, 1.807) is 11.3 Å². The Hall–Kier alpha value is -7.86. The van der Waals surface area contributed by atoms with Crippen molar-refractivity contribution in [3.63, 3.8) is 0 Å². The second-order valence-electron chi connectivity index (χ2n) is 16.1. The first kappa shape index (κ1) is 33.0. The SMILES string of the molecule is c1ccc(-n2c3ccccc3c3cc(-c4nc(-n5c6ccc7ccccc7c6c6c7c8ccccc8c8ccccc8c7ccc65)nc5c4sc4ccccc45)ccc32)cc1. The molecule has 0 amide bonds. The molecule has 0 aliphatic carbocycles. The van der Waals surface area contributed by atoms with Crippen molar-refractivity contribution in [3.05, 3.63) is 194 Å². The van der Waals surface area contributed by atoms with Crippen molar-refractivity contribution >= 4 is 118 Å². The maximum Gasteiger partial charge on any atom is 0.235 e. The second kappa shape index (κ2) is 12.3. The van der Waals surface area contributed by atoms with Crippen molar-refractivity contribution in [2.24, 2.45) is 0 Å². The molecule has 0 aliphatic rings. The lowest BCUT2D eigenvalue weighted by molar-refractivity contribution is 1.02. The van der Waals surface area contributed by atoms with Crippen molar-refractivity contribution in [2.75, 3.05) is 0 Å².